The minimum atomic E-state index is -0.0828. The highest BCUT2D eigenvalue weighted by Gasteiger charge is 2.15. The first kappa shape index (κ1) is 14.1. The van der Waals surface area contributed by atoms with Gasteiger partial charge in [-0.1, -0.05) is 23.7 Å². The van der Waals surface area contributed by atoms with Crippen LogP contribution in [-0.4, -0.2) is 4.57 Å². The van der Waals surface area contributed by atoms with Crippen molar-refractivity contribution in [3.8, 4) is 5.69 Å². The second-order valence-corrected chi connectivity index (χ2v) is 6.16. The molecule has 0 aliphatic rings. The predicted molar refractivity (Wildman–Crippen MR) is 93.8 cm³/mol. The fourth-order valence-electron chi connectivity index (χ4n) is 3.00. The van der Waals surface area contributed by atoms with Gasteiger partial charge < -0.3 is 4.42 Å². The third kappa shape index (κ3) is 2.16. The number of benzene rings is 2. The van der Waals surface area contributed by atoms with E-state index in [9.17, 15) is 4.79 Å². The Morgan fingerprint density at radius 1 is 0.957 bits per heavy atom. The first-order valence-electron chi connectivity index (χ1n) is 7.36. The van der Waals surface area contributed by atoms with Gasteiger partial charge in [0.1, 0.15) is 5.58 Å². The van der Waals surface area contributed by atoms with E-state index in [1.165, 1.54) is 0 Å². The van der Waals surface area contributed by atoms with Crippen LogP contribution in [0.3, 0.4) is 0 Å². The quantitative estimate of drug-likeness (QED) is 0.493. The van der Waals surface area contributed by atoms with E-state index in [1.807, 2.05) is 44.2 Å². The van der Waals surface area contributed by atoms with E-state index in [4.69, 9.17) is 16.0 Å². The Morgan fingerprint density at radius 2 is 1.70 bits per heavy atom. The molecule has 2 aromatic heterocycles. The second kappa shape index (κ2) is 5.00. The molecule has 0 aliphatic carbocycles. The summed E-state index contributed by atoms with van der Waals surface area (Å²) in [5.41, 5.74) is 4.14. The van der Waals surface area contributed by atoms with Crippen molar-refractivity contribution in [3.05, 3.63) is 75.2 Å². The molecular formula is C19H14ClNO2. The highest BCUT2D eigenvalue weighted by atomic mass is 35.5. The minimum absolute atomic E-state index is 0.0828. The molecule has 2 heterocycles. The van der Waals surface area contributed by atoms with Gasteiger partial charge in [0.15, 0.2) is 5.58 Å². The molecule has 4 heteroatoms. The first-order chi connectivity index (χ1) is 11.0. The molecule has 0 saturated heterocycles. The van der Waals surface area contributed by atoms with Gasteiger partial charge in [-0.3, -0.25) is 9.36 Å². The largest absolute Gasteiger partial charge is 0.454 e. The normalized spacial score (nSPS) is 11.4. The molecule has 0 saturated carbocycles. The highest BCUT2D eigenvalue weighted by Crippen LogP contribution is 2.31. The van der Waals surface area contributed by atoms with Crippen molar-refractivity contribution in [1.82, 2.24) is 4.57 Å². The van der Waals surface area contributed by atoms with Crippen molar-refractivity contribution < 1.29 is 4.42 Å². The Kier molecular flexibility index (Phi) is 3.06. The molecule has 0 N–H and O–H groups in total. The van der Waals surface area contributed by atoms with Crippen LogP contribution in [0.4, 0.5) is 0 Å². The van der Waals surface area contributed by atoms with Crippen LogP contribution in [0, 0.1) is 13.8 Å². The smallest absolute Gasteiger partial charge is 0.256 e. The van der Waals surface area contributed by atoms with Crippen LogP contribution in [0.2, 0.25) is 5.02 Å². The lowest BCUT2D eigenvalue weighted by atomic mass is 10.1. The van der Waals surface area contributed by atoms with Crippen LogP contribution in [0.15, 0.2) is 57.7 Å². The van der Waals surface area contributed by atoms with Gasteiger partial charge in [0.05, 0.1) is 5.69 Å². The number of halogens is 1. The van der Waals surface area contributed by atoms with Gasteiger partial charge in [-0.2, -0.15) is 0 Å². The fraction of sp³-hybridized carbons (Fsp3) is 0.105. The molecule has 2 aromatic carbocycles. The number of aromatic nitrogens is 1. The zero-order valence-electron chi connectivity index (χ0n) is 12.8. The van der Waals surface area contributed by atoms with Gasteiger partial charge in [0.2, 0.25) is 0 Å². The van der Waals surface area contributed by atoms with Crippen LogP contribution >= 0.6 is 11.6 Å². The van der Waals surface area contributed by atoms with Crippen molar-refractivity contribution in [2.24, 2.45) is 0 Å². The topological polar surface area (TPSA) is 35.1 Å². The molecule has 0 amide bonds. The van der Waals surface area contributed by atoms with Crippen LogP contribution in [0.1, 0.15) is 11.3 Å². The maximum absolute atomic E-state index is 12.6. The lowest BCUT2D eigenvalue weighted by Gasteiger charge is -2.10. The van der Waals surface area contributed by atoms with Gasteiger partial charge in [-0.25, -0.2) is 0 Å². The van der Waals surface area contributed by atoms with Crippen molar-refractivity contribution in [2.75, 3.05) is 0 Å². The molecule has 0 radical (unpaired) electrons. The summed E-state index contributed by atoms with van der Waals surface area (Å²) >= 11 is 5.94. The molecule has 0 bridgehead atoms. The number of pyridine rings is 1. The lowest BCUT2D eigenvalue weighted by Crippen LogP contribution is -2.19. The molecule has 0 unspecified atom stereocenters. The van der Waals surface area contributed by atoms with Crippen molar-refractivity contribution in [2.45, 2.75) is 13.8 Å². The lowest BCUT2D eigenvalue weighted by molar-refractivity contribution is 0.658. The van der Waals surface area contributed by atoms with Crippen molar-refractivity contribution in [3.63, 3.8) is 0 Å². The Morgan fingerprint density at radius 3 is 2.43 bits per heavy atom. The maximum Gasteiger partial charge on any atom is 0.256 e. The molecule has 0 atom stereocenters. The zero-order chi connectivity index (χ0) is 16.1. The Labute approximate surface area is 137 Å². The van der Waals surface area contributed by atoms with E-state index in [-0.39, 0.29) is 5.56 Å². The molecule has 3 nitrogen and oxygen atoms in total. The molecule has 4 aromatic rings. The van der Waals surface area contributed by atoms with E-state index >= 15 is 0 Å². The SMILES string of the molecule is Cc1ccc2c(c1)oc1c(C)n(-c3ccc(Cl)cc3)c(=O)cc12. The minimum Gasteiger partial charge on any atom is -0.454 e. The van der Waals surface area contributed by atoms with Crippen LogP contribution < -0.4 is 5.56 Å². The predicted octanol–water partition coefficient (Wildman–Crippen LogP) is 5.01. The molecule has 4 rings (SSSR count). The summed E-state index contributed by atoms with van der Waals surface area (Å²) in [7, 11) is 0. The number of hydrogen-bond acceptors (Lipinski definition) is 2. The van der Waals surface area contributed by atoms with E-state index in [1.54, 1.807) is 22.8 Å². The summed E-state index contributed by atoms with van der Waals surface area (Å²) in [4.78, 5) is 12.6. The highest BCUT2D eigenvalue weighted by molar-refractivity contribution is 6.30. The van der Waals surface area contributed by atoms with Gasteiger partial charge in [-0.15, -0.1) is 0 Å². The van der Waals surface area contributed by atoms with Gasteiger partial charge >= 0.3 is 0 Å². The molecular weight excluding hydrogens is 310 g/mol. The third-order valence-corrected chi connectivity index (χ3v) is 4.37. The average Bonchev–Trinajstić information content (AvgIpc) is 2.87. The average molecular weight is 324 g/mol. The number of fused-ring (bicyclic) bond motifs is 3. The summed E-state index contributed by atoms with van der Waals surface area (Å²) in [6.45, 7) is 3.92. The molecule has 23 heavy (non-hydrogen) atoms. The molecule has 0 fully saturated rings. The van der Waals surface area contributed by atoms with Gasteiger partial charge in [0.25, 0.3) is 5.56 Å². The second-order valence-electron chi connectivity index (χ2n) is 5.72. The third-order valence-electron chi connectivity index (χ3n) is 4.12. The Bertz CT molecular complexity index is 1100. The van der Waals surface area contributed by atoms with Gasteiger partial charge in [0, 0.05) is 27.5 Å². The zero-order valence-corrected chi connectivity index (χ0v) is 13.5. The van der Waals surface area contributed by atoms with Crippen LogP contribution in [0.25, 0.3) is 27.6 Å². The number of furan rings is 1. The first-order valence-corrected chi connectivity index (χ1v) is 7.74. The Hall–Kier alpha value is -2.52. The fourth-order valence-corrected chi connectivity index (χ4v) is 3.13. The van der Waals surface area contributed by atoms with E-state index < -0.39 is 0 Å². The van der Waals surface area contributed by atoms with E-state index in [0.717, 1.165) is 38.9 Å². The molecule has 0 spiro atoms. The maximum atomic E-state index is 12.6. The van der Waals surface area contributed by atoms with Crippen LogP contribution in [-0.2, 0) is 0 Å². The molecule has 0 aliphatic heterocycles. The summed E-state index contributed by atoms with van der Waals surface area (Å²) in [6, 6.07) is 14.9. The summed E-state index contributed by atoms with van der Waals surface area (Å²) in [6.07, 6.45) is 0. The standard InChI is InChI=1S/C19H14ClNO2/c1-11-3-8-15-16-10-18(22)21(14-6-4-13(20)5-7-14)12(2)19(16)23-17(15)9-11/h3-10H,1-2H3. The number of hydrogen-bond donors (Lipinski definition) is 0. The summed E-state index contributed by atoms with van der Waals surface area (Å²) in [5.74, 6) is 0. The number of nitrogens with zero attached hydrogens (tertiary/aromatic N) is 1. The van der Waals surface area contributed by atoms with Crippen LogP contribution in [0.5, 0.6) is 0 Å². The summed E-state index contributed by atoms with van der Waals surface area (Å²) in [5, 5.41) is 2.46. The van der Waals surface area contributed by atoms with Gasteiger partial charge in [-0.05, 0) is 49.7 Å². The molecule has 114 valence electrons. The number of rotatable bonds is 1. The van der Waals surface area contributed by atoms with Crippen molar-refractivity contribution >= 4 is 33.5 Å². The number of aryl methyl sites for hydroxylation is 2. The summed E-state index contributed by atoms with van der Waals surface area (Å²) < 4.78 is 7.67. The monoisotopic (exact) mass is 323 g/mol. The van der Waals surface area contributed by atoms with E-state index in [0.29, 0.717) is 5.02 Å². The van der Waals surface area contributed by atoms with E-state index in [2.05, 4.69) is 0 Å². The van der Waals surface area contributed by atoms with Crippen molar-refractivity contribution in [1.29, 1.82) is 0 Å². The Balaban J connectivity index is 2.09.